The maximum absolute atomic E-state index is 11.5. The molecule has 2 heterocycles. The zero-order chi connectivity index (χ0) is 95.1. The zero-order valence-electron chi connectivity index (χ0n) is 80.6. The van der Waals surface area contributed by atoms with Crippen LogP contribution in [0.2, 0.25) is 0 Å². The molecule has 18 aromatic carbocycles. The maximum atomic E-state index is 11.5. The molecule has 0 fully saturated rings. The molecule has 2 aliphatic rings. The van der Waals surface area contributed by atoms with E-state index in [2.05, 4.69) is 540 Å². The van der Waals surface area contributed by atoms with E-state index in [4.69, 9.17) is 9.47 Å². The van der Waals surface area contributed by atoms with Crippen LogP contribution in [-0.2, 0) is 48.4 Å². The second-order valence-electron chi connectivity index (χ2n) is 35.4. The first-order chi connectivity index (χ1) is 66.5. The molecule has 12 heteroatoms. The van der Waals surface area contributed by atoms with Crippen LogP contribution < -0.4 is 85.7 Å². The predicted molar refractivity (Wildman–Crippen MR) is 589 cm³/mol. The van der Waals surface area contributed by atoms with Crippen molar-refractivity contribution in [2.75, 3.05) is 13.2 Å². The van der Waals surface area contributed by atoms with Gasteiger partial charge in [0, 0.05) is 11.1 Å². The molecular formula is C126H124B2N2O4P2Ru2+2. The van der Waals surface area contributed by atoms with Gasteiger partial charge >= 0.3 is 39.0 Å². The second kappa shape index (κ2) is 54.6. The molecule has 18 aromatic rings. The standard InChI is InChI=1S/2C24H20B.2C18H15P.2C12H15NO2.2C9H12.2Ru/c2*1-5-13-21(14-6-1)25(22-15-7-2-8-16-22,23-17-9-3-10-18-23)24-19-11-4-12-20-24;2*1-4-10-16(11-5-1)19(17-12-6-2-7-13-17)18-14-8-3-9-15-18;2*1-8(2)10-7-15-12(13-10)9-5-3-4-6-11(9)14;2*1-7-4-8(2)6-9(3)5-7;;/h2*1-20H;2*1-15H;2*3-6,8,10,14H,7H2,1-2H3;2*4-6H,1-3H3;;/q2*-1;;;;;;;2*+2/t;;;;2*10-;;;;/m....11..../s1. The molecule has 0 saturated heterocycles. The minimum absolute atomic E-state index is 0. The van der Waals surface area contributed by atoms with Crippen molar-refractivity contribution in [3.05, 3.63) is 554 Å². The van der Waals surface area contributed by atoms with Gasteiger partial charge in [0.15, 0.2) is 0 Å². The largest absolute Gasteiger partial charge is 2.00 e. The van der Waals surface area contributed by atoms with Gasteiger partial charge in [-0.05, 0) is 126 Å². The summed E-state index contributed by atoms with van der Waals surface area (Å²) in [7, 11) is -1.75. The van der Waals surface area contributed by atoms with Crippen molar-refractivity contribution in [2.45, 2.75) is 81.3 Å². The molecule has 0 saturated carbocycles. The molecule has 0 spiro atoms. The summed E-state index contributed by atoms with van der Waals surface area (Å²) in [5, 5.41) is 31.7. The molecule has 0 unspecified atom stereocenters. The molecule has 6 nitrogen and oxygen atoms in total. The van der Waals surface area contributed by atoms with E-state index < -0.39 is 28.1 Å². The van der Waals surface area contributed by atoms with Gasteiger partial charge in [0.2, 0.25) is 11.8 Å². The molecule has 0 N–H and O–H groups in total. The summed E-state index contributed by atoms with van der Waals surface area (Å²) in [6.07, 6.45) is -2.43. The number of ether oxygens (including phenoxy) is 2. The number of aryl methyl sites for hydroxylation is 6. The Hall–Kier alpha value is -13.3. The summed E-state index contributed by atoms with van der Waals surface area (Å²) in [5.74, 6) is 1.84. The second-order valence-corrected chi connectivity index (χ2v) is 40.4. The van der Waals surface area contributed by atoms with Gasteiger partial charge in [0.05, 0.1) is 27.9 Å². The average molecular weight is 2020 g/mol. The number of nitrogens with zero attached hydrogens (tertiary/aromatic N) is 2. The fourth-order valence-electron chi connectivity index (χ4n) is 18.3. The van der Waals surface area contributed by atoms with E-state index in [-0.39, 0.29) is 62.5 Å². The summed E-state index contributed by atoms with van der Waals surface area (Å²) in [5.41, 5.74) is 20.0. The monoisotopic (exact) mass is 2020 g/mol. The third kappa shape index (κ3) is 28.9. The Morgan fingerprint density at radius 1 is 0.225 bits per heavy atom. The van der Waals surface area contributed by atoms with E-state index in [1.54, 1.807) is 24.3 Å². The number of aliphatic imine (C=N–C) groups is 2. The van der Waals surface area contributed by atoms with Crippen LogP contribution in [0.3, 0.4) is 0 Å². The summed E-state index contributed by atoms with van der Waals surface area (Å²) in [4.78, 5) is 8.83. The van der Waals surface area contributed by atoms with Gasteiger partial charge < -0.3 is 19.7 Å². The molecule has 0 radical (unpaired) electrons. The number of para-hydroxylation sites is 2. The smallest absolute Gasteiger partial charge is 0.872 e. The van der Waals surface area contributed by atoms with Crippen LogP contribution in [0.1, 0.15) is 72.2 Å². The van der Waals surface area contributed by atoms with E-state index in [1.807, 2.05) is 12.1 Å². The normalized spacial score (nSPS) is 12.6. The number of hydrogen-bond acceptors (Lipinski definition) is 6. The van der Waals surface area contributed by atoms with Crippen LogP contribution in [0.4, 0.5) is 0 Å². The predicted octanol–water partition coefficient (Wildman–Crippen LogP) is 20.8. The van der Waals surface area contributed by atoms with Gasteiger partial charge in [-0.3, -0.25) is 0 Å². The maximum Gasteiger partial charge on any atom is 2.00 e. The van der Waals surface area contributed by atoms with Crippen molar-refractivity contribution in [3.8, 4) is 11.5 Å². The minimum atomic E-state index is -1.22. The zero-order valence-corrected chi connectivity index (χ0v) is 86.1. The van der Waals surface area contributed by atoms with Crippen molar-refractivity contribution >= 4 is 115 Å². The summed E-state index contributed by atoms with van der Waals surface area (Å²) >= 11 is 0. The van der Waals surface area contributed by atoms with E-state index >= 15 is 0 Å². The molecule has 0 amide bonds. The van der Waals surface area contributed by atoms with Crippen molar-refractivity contribution in [2.24, 2.45) is 21.8 Å². The fraction of sp³-hybridized carbons (Fsp3) is 0.127. The fourth-order valence-corrected chi connectivity index (χ4v) is 23.5. The van der Waals surface area contributed by atoms with E-state index in [0.717, 1.165) is 0 Å². The minimum Gasteiger partial charge on any atom is -0.872 e. The molecule has 692 valence electrons. The number of rotatable bonds is 18. The third-order valence-corrected chi connectivity index (χ3v) is 30.1. The van der Waals surface area contributed by atoms with Gasteiger partial charge in [-0.1, -0.05) is 509 Å². The molecule has 0 bridgehead atoms. The Labute approximate surface area is 849 Å². The first kappa shape index (κ1) is 105. The Morgan fingerprint density at radius 3 is 0.514 bits per heavy atom. The summed E-state index contributed by atoms with van der Waals surface area (Å²) in [6.45, 7) is 22.3. The van der Waals surface area contributed by atoms with Crippen molar-refractivity contribution in [3.63, 3.8) is 0 Å². The first-order valence-electron chi connectivity index (χ1n) is 47.3. The topological polar surface area (TPSA) is 89.3 Å². The summed E-state index contributed by atoms with van der Waals surface area (Å²) in [6, 6.07) is 179. The van der Waals surface area contributed by atoms with Crippen LogP contribution >= 0.6 is 15.8 Å². The number of benzene rings is 18. The van der Waals surface area contributed by atoms with Crippen LogP contribution in [0.5, 0.6) is 11.5 Å². The molecule has 2 aliphatic heterocycles. The van der Waals surface area contributed by atoms with E-state index in [1.165, 1.54) is 121 Å². The van der Waals surface area contributed by atoms with E-state index in [0.29, 0.717) is 48.0 Å². The van der Waals surface area contributed by atoms with E-state index in [9.17, 15) is 10.2 Å². The van der Waals surface area contributed by atoms with Crippen LogP contribution in [-0.4, -0.2) is 49.4 Å². The summed E-state index contributed by atoms with van der Waals surface area (Å²) < 4.78 is 10.9. The van der Waals surface area contributed by atoms with Gasteiger partial charge in [-0.2, -0.15) is 43.7 Å². The van der Waals surface area contributed by atoms with Crippen LogP contribution in [0.15, 0.2) is 520 Å². The average Bonchev–Trinajstić information content (AvgIpc) is 0.817. The van der Waals surface area contributed by atoms with Crippen LogP contribution in [0, 0.1) is 53.4 Å². The van der Waals surface area contributed by atoms with Gasteiger partial charge in [0.1, 0.15) is 57.3 Å². The van der Waals surface area contributed by atoms with Gasteiger partial charge in [-0.15, -0.1) is 0 Å². The van der Waals surface area contributed by atoms with Gasteiger partial charge in [-0.25, -0.2) is 9.98 Å². The Bertz CT molecular complexity index is 5600. The Morgan fingerprint density at radius 2 is 0.370 bits per heavy atom. The quantitative estimate of drug-likeness (QED) is 0.0632. The van der Waals surface area contributed by atoms with Crippen molar-refractivity contribution in [1.82, 2.24) is 0 Å². The molecule has 20 rings (SSSR count). The first-order valence-corrected chi connectivity index (χ1v) is 50.3. The van der Waals surface area contributed by atoms with Gasteiger partial charge in [0.25, 0.3) is 0 Å². The number of hydrogen-bond donors (Lipinski definition) is 0. The molecule has 2 atom stereocenters. The molecular weight excluding hydrogens is 1890 g/mol. The van der Waals surface area contributed by atoms with Crippen molar-refractivity contribution in [1.29, 1.82) is 0 Å². The SMILES string of the molecule is CC(C)[C@H]1COC(c2ccccc2[O-])=N1.CC(C)[C@H]1COC(c2ccccc2[O-])=N1.Cc1cc(C)cc(C)c1.Cc1cc(C)cc(C)c1.[Ru+2].[Ru+2].c1ccc([B-](c2ccccc2)(c2ccccc2)c2ccccc2)cc1.c1ccc([B-](c2ccccc2)(c2ccccc2)c2ccccc2)cc1.c1ccc([PH+](c2ccccc2)c2ccccc2)cc1.c1ccc([PH+](c2ccccc2)c2ccccc2)cc1. The Kier molecular flexibility index (Phi) is 41.6. The third-order valence-electron chi connectivity index (χ3n) is 24.6. The van der Waals surface area contributed by atoms with Crippen LogP contribution in [0.25, 0.3) is 0 Å². The molecule has 138 heavy (non-hydrogen) atoms. The molecule has 0 aliphatic carbocycles. The Balaban J connectivity index is 0.000000154. The van der Waals surface area contributed by atoms with Crippen molar-refractivity contribution < 1.29 is 58.6 Å². The molecule has 0 aromatic heterocycles.